The third kappa shape index (κ3) is 4.20. The van der Waals surface area contributed by atoms with Gasteiger partial charge in [0.05, 0.1) is 17.5 Å². The molecule has 5 heteroatoms. The fourth-order valence-corrected chi connectivity index (χ4v) is 2.20. The van der Waals surface area contributed by atoms with E-state index in [4.69, 9.17) is 16.3 Å². The average Bonchev–Trinajstić information content (AvgIpc) is 2.62. The van der Waals surface area contributed by atoms with Crippen LogP contribution in [0, 0.1) is 0 Å². The van der Waals surface area contributed by atoms with Crippen LogP contribution in [0.2, 0.25) is 4.34 Å². The molecule has 0 radical (unpaired) electrons. The van der Waals surface area contributed by atoms with Crippen molar-refractivity contribution in [2.75, 3.05) is 13.2 Å². The summed E-state index contributed by atoms with van der Waals surface area (Å²) in [5.41, 5.74) is 0. The second-order valence-electron chi connectivity index (χ2n) is 3.05. The molecule has 0 bridgehead atoms. The number of ether oxygens (including phenoxy) is 1. The number of nitrogens with one attached hydrogen (secondary N) is 1. The van der Waals surface area contributed by atoms with Crippen LogP contribution in [0.5, 0.6) is 0 Å². The van der Waals surface area contributed by atoms with Gasteiger partial charge in [0, 0.05) is 10.9 Å². The van der Waals surface area contributed by atoms with Gasteiger partial charge in [0.2, 0.25) is 0 Å². The summed E-state index contributed by atoms with van der Waals surface area (Å²) in [6, 6.07) is 3.92. The summed E-state index contributed by atoms with van der Waals surface area (Å²) in [6.45, 7) is 4.42. The van der Waals surface area contributed by atoms with Gasteiger partial charge in [0.25, 0.3) is 0 Å². The van der Waals surface area contributed by atoms with Crippen molar-refractivity contribution in [1.82, 2.24) is 5.32 Å². The number of rotatable bonds is 5. The first-order chi connectivity index (χ1) is 7.13. The quantitative estimate of drug-likeness (QED) is 0.813. The Bertz CT molecular complexity index is 327. The van der Waals surface area contributed by atoms with Gasteiger partial charge in [-0.25, -0.2) is 0 Å². The van der Waals surface area contributed by atoms with Crippen LogP contribution in [0.3, 0.4) is 0 Å². The Morgan fingerprint density at radius 3 is 2.93 bits per heavy atom. The fourth-order valence-electron chi connectivity index (χ4n) is 1.11. The van der Waals surface area contributed by atoms with Crippen LogP contribution in [-0.2, 0) is 9.53 Å². The van der Waals surface area contributed by atoms with E-state index in [0.29, 0.717) is 6.61 Å². The number of esters is 1. The highest BCUT2D eigenvalue weighted by atomic mass is 35.5. The van der Waals surface area contributed by atoms with Gasteiger partial charge in [0.1, 0.15) is 0 Å². The third-order valence-electron chi connectivity index (χ3n) is 1.88. The Labute approximate surface area is 98.4 Å². The molecule has 0 fully saturated rings. The van der Waals surface area contributed by atoms with Crippen molar-refractivity contribution in [3.63, 3.8) is 0 Å². The summed E-state index contributed by atoms with van der Waals surface area (Å²) in [5.74, 6) is -0.230. The first-order valence-corrected chi connectivity index (χ1v) is 5.97. The molecule has 84 valence electrons. The van der Waals surface area contributed by atoms with Crippen molar-refractivity contribution in [2.24, 2.45) is 0 Å². The standard InChI is InChI=1S/C10H14ClNO2S/c1-3-14-10(13)6-12-7(2)8-4-5-9(11)15-8/h4-5,7,12H,3,6H2,1-2H3. The van der Waals surface area contributed by atoms with Crippen molar-refractivity contribution >= 4 is 28.9 Å². The first kappa shape index (κ1) is 12.5. The van der Waals surface area contributed by atoms with E-state index in [1.165, 1.54) is 11.3 Å². The lowest BCUT2D eigenvalue weighted by Gasteiger charge is -2.10. The van der Waals surface area contributed by atoms with Gasteiger partial charge in [-0.15, -0.1) is 11.3 Å². The number of hydrogen-bond acceptors (Lipinski definition) is 4. The predicted octanol–water partition coefficient (Wildman–Crippen LogP) is 2.62. The van der Waals surface area contributed by atoms with E-state index in [-0.39, 0.29) is 18.6 Å². The van der Waals surface area contributed by atoms with Crippen LogP contribution in [-0.4, -0.2) is 19.1 Å². The number of hydrogen-bond donors (Lipinski definition) is 1. The molecule has 0 aliphatic rings. The lowest BCUT2D eigenvalue weighted by molar-refractivity contribution is -0.142. The van der Waals surface area contributed by atoms with Gasteiger partial charge in [-0.1, -0.05) is 11.6 Å². The zero-order chi connectivity index (χ0) is 11.3. The fraction of sp³-hybridized carbons (Fsp3) is 0.500. The monoisotopic (exact) mass is 247 g/mol. The summed E-state index contributed by atoms with van der Waals surface area (Å²) < 4.78 is 5.57. The van der Waals surface area contributed by atoms with E-state index >= 15 is 0 Å². The van der Waals surface area contributed by atoms with Crippen molar-refractivity contribution in [2.45, 2.75) is 19.9 Å². The molecule has 1 heterocycles. The normalized spacial score (nSPS) is 12.5. The van der Waals surface area contributed by atoms with Crippen LogP contribution < -0.4 is 5.32 Å². The van der Waals surface area contributed by atoms with Crippen LogP contribution in [0.1, 0.15) is 24.8 Å². The SMILES string of the molecule is CCOC(=O)CNC(C)c1ccc(Cl)s1. The molecule has 0 aliphatic heterocycles. The molecule has 3 nitrogen and oxygen atoms in total. The van der Waals surface area contributed by atoms with Crippen LogP contribution in [0.4, 0.5) is 0 Å². The molecule has 1 aromatic rings. The molecule has 0 aromatic carbocycles. The van der Waals surface area contributed by atoms with E-state index in [0.717, 1.165) is 9.21 Å². The molecule has 1 aromatic heterocycles. The number of carbonyl (C=O) groups excluding carboxylic acids is 1. The van der Waals surface area contributed by atoms with Gasteiger partial charge in [-0.05, 0) is 26.0 Å². The highest BCUT2D eigenvalue weighted by Gasteiger charge is 2.09. The highest BCUT2D eigenvalue weighted by molar-refractivity contribution is 7.16. The van der Waals surface area contributed by atoms with E-state index in [1.807, 2.05) is 19.1 Å². The second-order valence-corrected chi connectivity index (χ2v) is 4.80. The lowest BCUT2D eigenvalue weighted by Crippen LogP contribution is -2.26. The molecule has 15 heavy (non-hydrogen) atoms. The highest BCUT2D eigenvalue weighted by Crippen LogP contribution is 2.26. The minimum absolute atomic E-state index is 0.118. The Balaban J connectivity index is 2.36. The zero-order valence-corrected chi connectivity index (χ0v) is 10.3. The molecule has 1 unspecified atom stereocenters. The zero-order valence-electron chi connectivity index (χ0n) is 8.75. The Kier molecular flexibility index (Phi) is 5.08. The predicted molar refractivity (Wildman–Crippen MR) is 62.4 cm³/mol. The Morgan fingerprint density at radius 1 is 1.67 bits per heavy atom. The molecular formula is C10H14ClNO2S. The van der Waals surface area contributed by atoms with E-state index in [2.05, 4.69) is 5.32 Å². The molecule has 1 atom stereocenters. The maximum absolute atomic E-state index is 11.1. The summed E-state index contributed by atoms with van der Waals surface area (Å²) >= 11 is 7.33. The van der Waals surface area contributed by atoms with E-state index in [1.54, 1.807) is 6.92 Å². The molecule has 0 spiro atoms. The molecule has 0 saturated heterocycles. The second kappa shape index (κ2) is 6.10. The molecule has 0 aliphatic carbocycles. The molecule has 0 amide bonds. The van der Waals surface area contributed by atoms with E-state index in [9.17, 15) is 4.79 Å². The first-order valence-electron chi connectivity index (χ1n) is 4.77. The minimum atomic E-state index is -0.230. The average molecular weight is 248 g/mol. The maximum atomic E-state index is 11.1. The van der Waals surface area contributed by atoms with Gasteiger partial charge < -0.3 is 4.74 Å². The Morgan fingerprint density at radius 2 is 2.40 bits per heavy atom. The summed E-state index contributed by atoms with van der Waals surface area (Å²) in [6.07, 6.45) is 0. The smallest absolute Gasteiger partial charge is 0.319 e. The summed E-state index contributed by atoms with van der Waals surface area (Å²) in [7, 11) is 0. The van der Waals surface area contributed by atoms with Crippen LogP contribution in [0.15, 0.2) is 12.1 Å². The molecule has 1 rings (SSSR count). The minimum Gasteiger partial charge on any atom is -0.465 e. The largest absolute Gasteiger partial charge is 0.465 e. The number of thiophene rings is 1. The number of carbonyl (C=O) groups is 1. The third-order valence-corrected chi connectivity index (χ3v) is 3.29. The summed E-state index contributed by atoms with van der Waals surface area (Å²) in [5, 5.41) is 3.07. The van der Waals surface area contributed by atoms with Crippen LogP contribution >= 0.6 is 22.9 Å². The van der Waals surface area contributed by atoms with Gasteiger partial charge >= 0.3 is 5.97 Å². The maximum Gasteiger partial charge on any atom is 0.319 e. The summed E-state index contributed by atoms with van der Waals surface area (Å²) in [4.78, 5) is 12.2. The lowest BCUT2D eigenvalue weighted by atomic mass is 10.3. The van der Waals surface area contributed by atoms with Gasteiger partial charge in [-0.3, -0.25) is 10.1 Å². The number of halogens is 1. The molecular weight excluding hydrogens is 234 g/mol. The van der Waals surface area contributed by atoms with Crippen LogP contribution in [0.25, 0.3) is 0 Å². The van der Waals surface area contributed by atoms with Crippen molar-refractivity contribution in [1.29, 1.82) is 0 Å². The van der Waals surface area contributed by atoms with Crippen molar-refractivity contribution in [3.8, 4) is 0 Å². The van der Waals surface area contributed by atoms with Gasteiger partial charge in [-0.2, -0.15) is 0 Å². The molecule has 1 N–H and O–H groups in total. The van der Waals surface area contributed by atoms with Crippen molar-refractivity contribution in [3.05, 3.63) is 21.3 Å². The van der Waals surface area contributed by atoms with Crippen molar-refractivity contribution < 1.29 is 9.53 Å². The molecule has 0 saturated carbocycles. The Hall–Kier alpha value is -0.580. The van der Waals surface area contributed by atoms with E-state index < -0.39 is 0 Å². The van der Waals surface area contributed by atoms with Gasteiger partial charge in [0.15, 0.2) is 0 Å². The topological polar surface area (TPSA) is 38.3 Å².